The van der Waals surface area contributed by atoms with Crippen LogP contribution < -0.4 is 10.1 Å². The lowest BCUT2D eigenvalue weighted by atomic mass is 10.1. The van der Waals surface area contributed by atoms with Crippen LogP contribution in [0.15, 0.2) is 48.7 Å². The SMILES string of the molecule is CCCCc1cnc2c(n1)OC(c1ccc(O)cc1O)Nc1ccccc1-2. The standard InChI is InChI=1S/C21H21N3O3/c1-2-3-6-13-12-22-19-15-7-4-5-8-17(15)24-20(27-21(19)23-13)16-10-9-14(25)11-18(16)26/h4-5,7-12,20,24-26H,2-3,6H2,1H3. The summed E-state index contributed by atoms with van der Waals surface area (Å²) in [4.78, 5) is 9.29. The monoisotopic (exact) mass is 363 g/mol. The molecule has 0 saturated carbocycles. The number of phenolic OH excluding ortho intramolecular Hbond substituents is 2. The van der Waals surface area contributed by atoms with Gasteiger partial charge in [0, 0.05) is 23.5 Å². The number of ether oxygens (including phenoxy) is 1. The van der Waals surface area contributed by atoms with E-state index < -0.39 is 6.23 Å². The number of nitrogens with one attached hydrogen (secondary N) is 1. The van der Waals surface area contributed by atoms with E-state index >= 15 is 0 Å². The van der Waals surface area contributed by atoms with Crippen molar-refractivity contribution < 1.29 is 14.9 Å². The van der Waals surface area contributed by atoms with Crippen LogP contribution in [0.2, 0.25) is 0 Å². The average molecular weight is 363 g/mol. The van der Waals surface area contributed by atoms with Crippen LogP contribution >= 0.6 is 0 Å². The lowest BCUT2D eigenvalue weighted by molar-refractivity contribution is 0.222. The number of rotatable bonds is 4. The third kappa shape index (κ3) is 3.38. The van der Waals surface area contributed by atoms with Crippen molar-refractivity contribution in [1.82, 2.24) is 9.97 Å². The number of fused-ring (bicyclic) bond motifs is 3. The minimum Gasteiger partial charge on any atom is -0.508 e. The van der Waals surface area contributed by atoms with E-state index in [1.54, 1.807) is 12.3 Å². The van der Waals surface area contributed by atoms with Crippen LogP contribution in [-0.4, -0.2) is 20.2 Å². The Bertz CT molecular complexity index is 975. The molecule has 1 unspecified atom stereocenters. The van der Waals surface area contributed by atoms with Crippen LogP contribution in [0.3, 0.4) is 0 Å². The first kappa shape index (κ1) is 17.1. The quantitative estimate of drug-likeness (QED) is 0.637. The fourth-order valence-corrected chi connectivity index (χ4v) is 3.14. The average Bonchev–Trinajstić information content (AvgIpc) is 2.82. The molecular weight excluding hydrogens is 342 g/mol. The van der Waals surface area contributed by atoms with Crippen LogP contribution in [-0.2, 0) is 6.42 Å². The van der Waals surface area contributed by atoms with Crippen molar-refractivity contribution in [3.8, 4) is 28.6 Å². The highest BCUT2D eigenvalue weighted by Crippen LogP contribution is 2.41. The lowest BCUT2D eigenvalue weighted by Crippen LogP contribution is -2.17. The van der Waals surface area contributed by atoms with E-state index in [0.29, 0.717) is 17.1 Å². The van der Waals surface area contributed by atoms with Gasteiger partial charge in [0.1, 0.15) is 17.2 Å². The zero-order valence-corrected chi connectivity index (χ0v) is 15.0. The molecular formula is C21H21N3O3. The van der Waals surface area contributed by atoms with Crippen molar-refractivity contribution in [2.75, 3.05) is 5.32 Å². The predicted molar refractivity (Wildman–Crippen MR) is 103 cm³/mol. The molecule has 4 rings (SSSR count). The van der Waals surface area contributed by atoms with Gasteiger partial charge in [-0.15, -0.1) is 0 Å². The summed E-state index contributed by atoms with van der Waals surface area (Å²) in [6, 6.07) is 12.2. The van der Waals surface area contributed by atoms with Crippen LogP contribution in [0.25, 0.3) is 11.3 Å². The maximum absolute atomic E-state index is 10.3. The van der Waals surface area contributed by atoms with Crippen molar-refractivity contribution in [2.45, 2.75) is 32.4 Å². The highest BCUT2D eigenvalue weighted by atomic mass is 16.5. The van der Waals surface area contributed by atoms with Gasteiger partial charge in [-0.3, -0.25) is 0 Å². The Morgan fingerprint density at radius 1 is 1.15 bits per heavy atom. The summed E-state index contributed by atoms with van der Waals surface area (Å²) in [5, 5.41) is 23.2. The Labute approximate surface area is 157 Å². The summed E-state index contributed by atoms with van der Waals surface area (Å²) in [6.07, 6.45) is 4.08. The van der Waals surface area contributed by atoms with Gasteiger partial charge < -0.3 is 20.3 Å². The molecule has 0 fully saturated rings. The number of nitrogens with zero attached hydrogens (tertiary/aromatic N) is 2. The maximum atomic E-state index is 10.3. The van der Waals surface area contributed by atoms with Gasteiger partial charge in [0.15, 0.2) is 0 Å². The first-order valence-corrected chi connectivity index (χ1v) is 9.06. The van der Waals surface area contributed by atoms with E-state index in [9.17, 15) is 10.2 Å². The third-order valence-electron chi connectivity index (χ3n) is 4.57. The lowest BCUT2D eigenvalue weighted by Gasteiger charge is -2.20. The molecule has 2 heterocycles. The number of para-hydroxylation sites is 1. The van der Waals surface area contributed by atoms with Gasteiger partial charge in [0.2, 0.25) is 12.1 Å². The maximum Gasteiger partial charge on any atom is 0.243 e. The molecule has 1 aromatic heterocycles. The molecule has 0 amide bonds. The molecule has 6 nitrogen and oxygen atoms in total. The Morgan fingerprint density at radius 3 is 2.81 bits per heavy atom. The van der Waals surface area contributed by atoms with Crippen molar-refractivity contribution in [3.05, 3.63) is 59.9 Å². The molecule has 0 bridgehead atoms. The second-order valence-electron chi connectivity index (χ2n) is 6.55. The Balaban J connectivity index is 1.80. The van der Waals surface area contributed by atoms with E-state index in [4.69, 9.17) is 4.74 Å². The second kappa shape index (κ2) is 7.15. The summed E-state index contributed by atoms with van der Waals surface area (Å²) in [7, 11) is 0. The number of hydrogen-bond acceptors (Lipinski definition) is 6. The summed E-state index contributed by atoms with van der Waals surface area (Å²) in [5.74, 6) is 0.370. The molecule has 1 aliphatic heterocycles. The molecule has 1 aliphatic rings. The molecule has 3 N–H and O–H groups in total. The van der Waals surface area contributed by atoms with Crippen molar-refractivity contribution in [1.29, 1.82) is 0 Å². The Kier molecular flexibility index (Phi) is 4.54. The number of phenols is 2. The van der Waals surface area contributed by atoms with Gasteiger partial charge in [0.25, 0.3) is 0 Å². The topological polar surface area (TPSA) is 87.5 Å². The number of aryl methyl sites for hydroxylation is 1. The molecule has 3 aromatic rings. The number of benzene rings is 2. The van der Waals surface area contributed by atoms with E-state index in [2.05, 4.69) is 22.2 Å². The van der Waals surface area contributed by atoms with Gasteiger partial charge in [-0.2, -0.15) is 0 Å². The number of aromatic hydroxyl groups is 2. The van der Waals surface area contributed by atoms with Gasteiger partial charge in [-0.25, -0.2) is 9.97 Å². The zero-order chi connectivity index (χ0) is 18.8. The summed E-state index contributed by atoms with van der Waals surface area (Å²) in [6.45, 7) is 2.14. The summed E-state index contributed by atoms with van der Waals surface area (Å²) in [5.41, 5.74) is 3.78. The molecule has 6 heteroatoms. The molecule has 0 saturated heterocycles. The molecule has 2 aromatic carbocycles. The van der Waals surface area contributed by atoms with Gasteiger partial charge in [-0.1, -0.05) is 31.5 Å². The number of anilines is 1. The first-order valence-electron chi connectivity index (χ1n) is 9.06. The van der Waals surface area contributed by atoms with Crippen LogP contribution in [0.4, 0.5) is 5.69 Å². The fourth-order valence-electron chi connectivity index (χ4n) is 3.14. The van der Waals surface area contributed by atoms with Gasteiger partial charge in [0.05, 0.1) is 11.3 Å². The molecule has 0 spiro atoms. The van der Waals surface area contributed by atoms with E-state index in [0.717, 1.165) is 36.2 Å². The van der Waals surface area contributed by atoms with Gasteiger partial charge in [-0.05, 0) is 31.0 Å². The van der Waals surface area contributed by atoms with E-state index in [1.807, 2.05) is 24.3 Å². The molecule has 0 aliphatic carbocycles. The van der Waals surface area contributed by atoms with Crippen molar-refractivity contribution in [2.24, 2.45) is 0 Å². The van der Waals surface area contributed by atoms with Gasteiger partial charge >= 0.3 is 0 Å². The largest absolute Gasteiger partial charge is 0.508 e. The number of unbranched alkanes of at least 4 members (excludes halogenated alkanes) is 1. The van der Waals surface area contributed by atoms with Crippen LogP contribution in [0.1, 0.15) is 37.3 Å². The third-order valence-corrected chi connectivity index (χ3v) is 4.57. The molecule has 27 heavy (non-hydrogen) atoms. The number of hydrogen-bond donors (Lipinski definition) is 3. The molecule has 0 radical (unpaired) electrons. The minimum absolute atomic E-state index is 0.00712. The zero-order valence-electron chi connectivity index (χ0n) is 15.0. The normalized spacial score (nSPS) is 15.1. The smallest absolute Gasteiger partial charge is 0.243 e. The minimum atomic E-state index is -0.663. The predicted octanol–water partition coefficient (Wildman–Crippen LogP) is 4.40. The summed E-state index contributed by atoms with van der Waals surface area (Å²) >= 11 is 0. The van der Waals surface area contributed by atoms with Crippen LogP contribution in [0.5, 0.6) is 17.4 Å². The van der Waals surface area contributed by atoms with E-state index in [1.165, 1.54) is 12.1 Å². The fraction of sp³-hybridized carbons (Fsp3) is 0.238. The summed E-state index contributed by atoms with van der Waals surface area (Å²) < 4.78 is 6.14. The van der Waals surface area contributed by atoms with Crippen LogP contribution in [0, 0.1) is 0 Å². The Hall–Kier alpha value is -3.28. The number of aromatic nitrogens is 2. The Morgan fingerprint density at radius 2 is 2.00 bits per heavy atom. The van der Waals surface area contributed by atoms with Crippen molar-refractivity contribution in [3.63, 3.8) is 0 Å². The first-order chi connectivity index (χ1) is 13.2. The molecule has 1 atom stereocenters. The van der Waals surface area contributed by atoms with E-state index in [-0.39, 0.29) is 11.5 Å². The molecule has 138 valence electrons. The second-order valence-corrected chi connectivity index (χ2v) is 6.55. The highest BCUT2D eigenvalue weighted by molar-refractivity contribution is 5.79. The van der Waals surface area contributed by atoms with Crippen molar-refractivity contribution >= 4 is 5.69 Å². The highest BCUT2D eigenvalue weighted by Gasteiger charge is 2.26.